The molecule has 0 aliphatic carbocycles. The van der Waals surface area contributed by atoms with E-state index < -0.39 is 0 Å². The van der Waals surface area contributed by atoms with Crippen molar-refractivity contribution in [2.45, 2.75) is 13.1 Å². The fourth-order valence-corrected chi connectivity index (χ4v) is 5.34. The summed E-state index contributed by atoms with van der Waals surface area (Å²) >= 11 is 7.51. The van der Waals surface area contributed by atoms with Crippen LogP contribution in [0.15, 0.2) is 55.1 Å². The van der Waals surface area contributed by atoms with Gasteiger partial charge in [-0.1, -0.05) is 30.3 Å². The van der Waals surface area contributed by atoms with Crippen molar-refractivity contribution in [3.8, 4) is 5.75 Å². The maximum Gasteiger partial charge on any atom is 0.254 e. The maximum atomic E-state index is 13.2. The minimum atomic E-state index is -0.112. The molecule has 0 radical (unpaired) electrons. The Morgan fingerprint density at radius 1 is 1.23 bits per heavy atom. The van der Waals surface area contributed by atoms with Gasteiger partial charge in [-0.05, 0) is 42.0 Å². The average molecular weight is 510 g/mol. The Morgan fingerprint density at radius 2 is 2.09 bits per heavy atom. The van der Waals surface area contributed by atoms with E-state index >= 15 is 0 Å². The van der Waals surface area contributed by atoms with Gasteiger partial charge in [0.15, 0.2) is 0 Å². The molecule has 2 aromatic carbocycles. The summed E-state index contributed by atoms with van der Waals surface area (Å²) in [5.41, 5.74) is 4.78. The van der Waals surface area contributed by atoms with Gasteiger partial charge in [0, 0.05) is 42.1 Å². The van der Waals surface area contributed by atoms with Gasteiger partial charge in [-0.2, -0.15) is 0 Å². The predicted molar refractivity (Wildman–Crippen MR) is 138 cm³/mol. The van der Waals surface area contributed by atoms with Gasteiger partial charge in [-0.3, -0.25) is 9.59 Å². The maximum absolute atomic E-state index is 13.2. The number of ether oxygens (including phenoxy) is 2. The molecule has 3 aromatic rings. The smallest absolute Gasteiger partial charge is 0.254 e. The first-order valence-corrected chi connectivity index (χ1v) is 12.3. The molecule has 5 rings (SSSR count). The molecule has 180 valence electrons. The second kappa shape index (κ2) is 9.73. The first-order chi connectivity index (χ1) is 16.9. The molecule has 0 saturated carbocycles. The first kappa shape index (κ1) is 23.4. The summed E-state index contributed by atoms with van der Waals surface area (Å²) < 4.78 is 11.4. The van der Waals surface area contributed by atoms with Crippen LogP contribution in [0.5, 0.6) is 5.75 Å². The Kier molecular flexibility index (Phi) is 6.51. The van der Waals surface area contributed by atoms with Crippen LogP contribution < -0.4 is 15.0 Å². The summed E-state index contributed by atoms with van der Waals surface area (Å²) in [4.78, 5) is 30.1. The van der Waals surface area contributed by atoms with Gasteiger partial charge < -0.3 is 24.6 Å². The lowest BCUT2D eigenvalue weighted by atomic mass is 10.1. The highest BCUT2D eigenvalue weighted by molar-refractivity contribution is 7.17. The SMILES string of the molecule is C=C(Nc1cccc2c1CN(Cc1ccc(OC)c(N3CCOCC3=O)c1)C2=O)c1ccc(Cl)s1. The van der Waals surface area contributed by atoms with Crippen LogP contribution >= 0.6 is 22.9 Å². The lowest BCUT2D eigenvalue weighted by molar-refractivity contribution is -0.125. The molecule has 2 amide bonds. The molecule has 3 heterocycles. The Labute approximate surface area is 212 Å². The number of halogens is 1. The Hall–Kier alpha value is -3.33. The third kappa shape index (κ3) is 4.65. The number of hydrogen-bond donors (Lipinski definition) is 1. The van der Waals surface area contributed by atoms with Crippen molar-refractivity contribution in [2.24, 2.45) is 0 Å². The van der Waals surface area contributed by atoms with E-state index in [-0.39, 0.29) is 18.4 Å². The highest BCUT2D eigenvalue weighted by Crippen LogP contribution is 2.35. The standard InChI is InChI=1S/C26H24ClN3O4S/c1-16(23-8-9-24(27)35-23)28-20-5-3-4-18-19(20)14-29(26(18)32)13-17-6-7-22(33-2)21(12-17)30-10-11-34-15-25(30)31/h3-9,12,28H,1,10-11,13-15H2,2H3. The van der Waals surface area contributed by atoms with E-state index in [1.807, 2.05) is 48.5 Å². The van der Waals surface area contributed by atoms with Gasteiger partial charge in [0.1, 0.15) is 12.4 Å². The lowest BCUT2D eigenvalue weighted by Gasteiger charge is -2.29. The third-order valence-electron chi connectivity index (χ3n) is 6.09. The van der Waals surface area contributed by atoms with Crippen molar-refractivity contribution in [3.63, 3.8) is 0 Å². The number of anilines is 2. The Bertz CT molecular complexity index is 1320. The molecule has 0 unspecified atom stereocenters. The van der Waals surface area contributed by atoms with Crippen molar-refractivity contribution in [1.29, 1.82) is 0 Å². The van der Waals surface area contributed by atoms with Crippen molar-refractivity contribution in [1.82, 2.24) is 4.90 Å². The van der Waals surface area contributed by atoms with Gasteiger partial charge in [-0.15, -0.1) is 11.3 Å². The Balaban J connectivity index is 1.36. The zero-order valence-electron chi connectivity index (χ0n) is 19.2. The van der Waals surface area contributed by atoms with Gasteiger partial charge in [-0.25, -0.2) is 0 Å². The number of carbonyl (C=O) groups excluding carboxylic acids is 2. The van der Waals surface area contributed by atoms with Crippen LogP contribution in [0, 0.1) is 0 Å². The minimum Gasteiger partial charge on any atom is -0.495 e. The van der Waals surface area contributed by atoms with Crippen LogP contribution in [0.25, 0.3) is 5.70 Å². The number of benzene rings is 2. The molecule has 0 spiro atoms. The van der Waals surface area contributed by atoms with Crippen LogP contribution in [0.2, 0.25) is 4.34 Å². The topological polar surface area (TPSA) is 71.1 Å². The van der Waals surface area contributed by atoms with Crippen molar-refractivity contribution >= 4 is 51.8 Å². The number of morpholine rings is 1. The average Bonchev–Trinajstić information content (AvgIpc) is 3.43. The van der Waals surface area contributed by atoms with Gasteiger partial charge in [0.2, 0.25) is 0 Å². The molecule has 0 atom stereocenters. The lowest BCUT2D eigenvalue weighted by Crippen LogP contribution is -2.41. The molecule has 7 nitrogen and oxygen atoms in total. The van der Waals surface area contributed by atoms with Crippen molar-refractivity contribution in [2.75, 3.05) is 37.1 Å². The zero-order valence-corrected chi connectivity index (χ0v) is 20.7. The summed E-state index contributed by atoms with van der Waals surface area (Å²) in [6.45, 7) is 5.98. The quantitative estimate of drug-likeness (QED) is 0.484. The van der Waals surface area contributed by atoms with E-state index in [4.69, 9.17) is 21.1 Å². The molecular weight excluding hydrogens is 486 g/mol. The van der Waals surface area contributed by atoms with E-state index in [1.165, 1.54) is 11.3 Å². The van der Waals surface area contributed by atoms with Gasteiger partial charge >= 0.3 is 0 Å². The van der Waals surface area contributed by atoms with E-state index in [0.29, 0.717) is 47.6 Å². The predicted octanol–water partition coefficient (Wildman–Crippen LogP) is 5.01. The van der Waals surface area contributed by atoms with Crippen molar-refractivity contribution < 1.29 is 19.1 Å². The molecule has 0 bridgehead atoms. The molecular formula is C26H24ClN3O4S. The molecule has 1 aromatic heterocycles. The highest BCUT2D eigenvalue weighted by atomic mass is 35.5. The number of carbonyl (C=O) groups is 2. The number of nitrogens with zero attached hydrogens (tertiary/aromatic N) is 2. The Morgan fingerprint density at radius 3 is 2.83 bits per heavy atom. The fraction of sp³-hybridized carbons (Fsp3) is 0.231. The number of fused-ring (bicyclic) bond motifs is 1. The second-order valence-corrected chi connectivity index (χ2v) is 10.0. The normalized spacial score (nSPS) is 15.4. The van der Waals surface area contributed by atoms with E-state index in [9.17, 15) is 9.59 Å². The fourth-order valence-electron chi connectivity index (χ4n) is 4.37. The van der Waals surface area contributed by atoms with Crippen molar-refractivity contribution in [3.05, 3.63) is 81.0 Å². The molecule has 9 heteroatoms. The van der Waals surface area contributed by atoms with Crippen LogP contribution in [-0.2, 0) is 22.6 Å². The van der Waals surface area contributed by atoms with E-state index in [0.717, 1.165) is 27.4 Å². The summed E-state index contributed by atoms with van der Waals surface area (Å²) in [6, 6.07) is 15.1. The number of rotatable bonds is 7. The van der Waals surface area contributed by atoms with Crippen LogP contribution in [-0.4, -0.2) is 43.6 Å². The summed E-state index contributed by atoms with van der Waals surface area (Å²) in [6.07, 6.45) is 0. The summed E-state index contributed by atoms with van der Waals surface area (Å²) in [5.74, 6) is 0.464. The molecule has 1 saturated heterocycles. The first-order valence-electron chi connectivity index (χ1n) is 11.1. The number of thiophene rings is 1. The number of methoxy groups -OCH3 is 1. The van der Waals surface area contributed by atoms with Crippen LogP contribution in [0.4, 0.5) is 11.4 Å². The minimum absolute atomic E-state index is 0.0340. The molecule has 2 aliphatic rings. The molecule has 1 fully saturated rings. The number of nitrogens with one attached hydrogen (secondary N) is 1. The van der Waals surface area contributed by atoms with E-state index in [2.05, 4.69) is 11.9 Å². The van der Waals surface area contributed by atoms with E-state index in [1.54, 1.807) is 16.9 Å². The number of amides is 2. The van der Waals surface area contributed by atoms with Crippen LogP contribution in [0.3, 0.4) is 0 Å². The monoisotopic (exact) mass is 509 g/mol. The molecule has 35 heavy (non-hydrogen) atoms. The van der Waals surface area contributed by atoms with Gasteiger partial charge in [0.25, 0.3) is 11.8 Å². The van der Waals surface area contributed by atoms with Crippen LogP contribution in [0.1, 0.15) is 26.4 Å². The largest absolute Gasteiger partial charge is 0.495 e. The summed E-state index contributed by atoms with van der Waals surface area (Å²) in [5, 5.41) is 3.35. The molecule has 1 N–H and O–H groups in total. The summed E-state index contributed by atoms with van der Waals surface area (Å²) in [7, 11) is 1.58. The highest BCUT2D eigenvalue weighted by Gasteiger charge is 2.30. The zero-order chi connectivity index (χ0) is 24.5. The number of hydrogen-bond acceptors (Lipinski definition) is 6. The third-order valence-corrected chi connectivity index (χ3v) is 7.38. The molecule has 2 aliphatic heterocycles. The van der Waals surface area contributed by atoms with Gasteiger partial charge in [0.05, 0.1) is 28.6 Å². The second-order valence-electron chi connectivity index (χ2n) is 8.30.